The predicted octanol–water partition coefficient (Wildman–Crippen LogP) is 6.17. The quantitative estimate of drug-likeness (QED) is 0.262. The van der Waals surface area contributed by atoms with Crippen molar-refractivity contribution in [3.8, 4) is 5.75 Å². The summed E-state index contributed by atoms with van der Waals surface area (Å²) in [5, 5.41) is 19.3. The van der Waals surface area contributed by atoms with Crippen molar-refractivity contribution < 1.29 is 37.3 Å². The molecule has 0 unspecified atom stereocenters. The number of rotatable bonds is 10. The molecule has 0 fully saturated rings. The summed E-state index contributed by atoms with van der Waals surface area (Å²) in [5.74, 6) is -0.718. The van der Waals surface area contributed by atoms with Crippen molar-refractivity contribution >= 4 is 28.7 Å². The number of carboxylic acids is 1. The van der Waals surface area contributed by atoms with E-state index in [-0.39, 0.29) is 40.4 Å². The van der Waals surface area contributed by atoms with Gasteiger partial charge in [-0.15, -0.1) is 11.8 Å². The Morgan fingerprint density at radius 3 is 2.06 bits per heavy atom. The highest BCUT2D eigenvalue weighted by Gasteiger charge is 2.57. The Balaban J connectivity index is 1.70. The molecule has 0 spiro atoms. The van der Waals surface area contributed by atoms with Crippen LogP contribution in [0.1, 0.15) is 22.5 Å². The molecule has 1 aromatic heterocycles. The van der Waals surface area contributed by atoms with Crippen molar-refractivity contribution in [3.63, 3.8) is 0 Å². The normalized spacial score (nSPS) is 12.1. The first-order valence-electron chi connectivity index (χ1n) is 11.1. The van der Waals surface area contributed by atoms with E-state index in [1.165, 1.54) is 30.3 Å². The van der Waals surface area contributed by atoms with E-state index in [9.17, 15) is 23.1 Å². The van der Waals surface area contributed by atoms with E-state index in [1.54, 1.807) is 48.5 Å². The lowest BCUT2D eigenvalue weighted by Gasteiger charge is -2.36. The number of carboxylic acid groups (broad SMARTS) is 1. The molecule has 9 heteroatoms. The first kappa shape index (κ1) is 25.7. The summed E-state index contributed by atoms with van der Waals surface area (Å²) in [5.41, 5.74) is 1.05. The molecule has 0 aliphatic heterocycles. The van der Waals surface area contributed by atoms with Crippen molar-refractivity contribution in [2.24, 2.45) is 0 Å². The number of carbonyl (C=O) groups is 1. The molecule has 0 aliphatic rings. The van der Waals surface area contributed by atoms with Gasteiger partial charge < -0.3 is 19.4 Å². The molecule has 1 heterocycles. The summed E-state index contributed by atoms with van der Waals surface area (Å²) in [7, 11) is 0. The molecule has 0 saturated carbocycles. The van der Waals surface area contributed by atoms with Crippen molar-refractivity contribution in [1.29, 1.82) is 0 Å². The zero-order valence-corrected chi connectivity index (χ0v) is 19.8. The molecule has 4 rings (SSSR count). The third-order valence-corrected chi connectivity index (χ3v) is 7.34. The van der Waals surface area contributed by atoms with Gasteiger partial charge in [-0.05, 0) is 29.4 Å². The van der Waals surface area contributed by atoms with Crippen LogP contribution in [0.4, 0.5) is 13.2 Å². The van der Waals surface area contributed by atoms with E-state index in [0.717, 1.165) is 11.8 Å². The number of halogens is 3. The molecule has 0 atom stereocenters. The second-order valence-corrected chi connectivity index (χ2v) is 9.30. The number of furan rings is 1. The number of aliphatic hydroxyl groups excluding tert-OH is 1. The van der Waals surface area contributed by atoms with Crippen LogP contribution in [0.15, 0.2) is 83.3 Å². The molecule has 2 N–H and O–H groups in total. The molecule has 36 heavy (non-hydrogen) atoms. The van der Waals surface area contributed by atoms with Gasteiger partial charge in [0.15, 0.2) is 22.7 Å². The summed E-state index contributed by atoms with van der Waals surface area (Å²) in [6.07, 6.45) is -4.43. The van der Waals surface area contributed by atoms with Gasteiger partial charge in [-0.25, -0.2) is 4.79 Å². The lowest BCUT2D eigenvalue weighted by atomic mass is 9.89. The number of hydrogen-bond acceptors (Lipinski definition) is 5. The van der Waals surface area contributed by atoms with E-state index in [2.05, 4.69) is 0 Å². The van der Waals surface area contributed by atoms with Crippen molar-refractivity contribution in [2.45, 2.75) is 24.0 Å². The average molecular weight is 517 g/mol. The van der Waals surface area contributed by atoms with E-state index < -0.39 is 30.1 Å². The fourth-order valence-electron chi connectivity index (χ4n) is 4.24. The van der Waals surface area contributed by atoms with Gasteiger partial charge in [0.1, 0.15) is 12.4 Å². The summed E-state index contributed by atoms with van der Waals surface area (Å²) >= 11 is 0.769. The van der Waals surface area contributed by atoms with E-state index in [1.807, 2.05) is 0 Å². The number of para-hydroxylation sites is 1. The molecule has 4 aromatic rings. The number of aliphatic hydroxyl groups is 1. The summed E-state index contributed by atoms with van der Waals surface area (Å²) < 4.78 is 53.3. The van der Waals surface area contributed by atoms with Gasteiger partial charge in [-0.1, -0.05) is 72.8 Å². The van der Waals surface area contributed by atoms with Gasteiger partial charge in [0.05, 0.1) is 0 Å². The Morgan fingerprint density at radius 2 is 1.53 bits per heavy atom. The molecule has 0 radical (unpaired) electrons. The highest BCUT2D eigenvalue weighted by Crippen LogP contribution is 2.54. The molecule has 3 aromatic carbocycles. The largest absolute Gasteiger partial charge is 0.479 e. The lowest BCUT2D eigenvalue weighted by molar-refractivity contribution is -0.151. The predicted molar refractivity (Wildman–Crippen MR) is 131 cm³/mol. The molecule has 5 nitrogen and oxygen atoms in total. The maximum atomic E-state index is 14.9. The van der Waals surface area contributed by atoms with Gasteiger partial charge in [0.2, 0.25) is 0 Å². The van der Waals surface area contributed by atoms with Crippen molar-refractivity contribution in [2.75, 3.05) is 12.4 Å². The van der Waals surface area contributed by atoms with Crippen LogP contribution in [-0.4, -0.2) is 34.7 Å². The highest BCUT2D eigenvalue weighted by atomic mass is 32.2. The van der Waals surface area contributed by atoms with Gasteiger partial charge in [0, 0.05) is 10.9 Å². The molecule has 0 amide bonds. The van der Waals surface area contributed by atoms with Crippen LogP contribution in [0, 0.1) is 0 Å². The van der Waals surface area contributed by atoms with Crippen LogP contribution in [0.3, 0.4) is 0 Å². The zero-order chi connectivity index (χ0) is 25.8. The third-order valence-electron chi connectivity index (χ3n) is 5.79. The molecular weight excluding hydrogens is 493 g/mol. The second kappa shape index (κ2) is 10.7. The Morgan fingerprint density at radius 1 is 0.917 bits per heavy atom. The lowest BCUT2D eigenvalue weighted by Crippen LogP contribution is -2.41. The number of aliphatic carboxylic acids is 1. The van der Waals surface area contributed by atoms with Gasteiger partial charge in [-0.3, -0.25) is 0 Å². The van der Waals surface area contributed by atoms with Crippen LogP contribution in [0.2, 0.25) is 0 Å². The maximum Gasteiger partial charge on any atom is 0.411 e. The van der Waals surface area contributed by atoms with Crippen LogP contribution < -0.4 is 4.74 Å². The van der Waals surface area contributed by atoms with Crippen molar-refractivity contribution in [1.82, 2.24) is 0 Å². The second-order valence-electron chi connectivity index (χ2n) is 7.99. The number of fused-ring (bicyclic) bond motifs is 1. The van der Waals surface area contributed by atoms with E-state index in [0.29, 0.717) is 10.9 Å². The summed E-state index contributed by atoms with van der Waals surface area (Å²) in [6, 6.07) is 20.5. The molecule has 188 valence electrons. The Hall–Kier alpha value is -3.43. The zero-order valence-electron chi connectivity index (χ0n) is 19.0. The number of benzene rings is 3. The van der Waals surface area contributed by atoms with Crippen LogP contribution in [0.25, 0.3) is 11.0 Å². The topological polar surface area (TPSA) is 79.9 Å². The molecular formula is C27H23F3O5S. The summed E-state index contributed by atoms with van der Waals surface area (Å²) in [6.45, 7) is -1.05. The van der Waals surface area contributed by atoms with Gasteiger partial charge in [0.25, 0.3) is 0 Å². The van der Waals surface area contributed by atoms with Crippen LogP contribution >= 0.6 is 11.8 Å². The minimum absolute atomic E-state index is 0.0607. The van der Waals surface area contributed by atoms with E-state index >= 15 is 0 Å². The number of thioether (sulfide) groups is 1. The number of ether oxygens (including phenoxy) is 1. The number of hydrogen-bond donors (Lipinski definition) is 2. The van der Waals surface area contributed by atoms with Crippen LogP contribution in [0.5, 0.6) is 5.75 Å². The SMILES string of the molecule is O=C(O)COc1cccc2c(CCSC(c3ccccc3)(c3ccccc3)C(F)(F)F)c(CO)oc12. The highest BCUT2D eigenvalue weighted by molar-refractivity contribution is 8.00. The Labute approximate surface area is 209 Å². The minimum Gasteiger partial charge on any atom is -0.479 e. The first-order valence-corrected chi connectivity index (χ1v) is 12.1. The molecule has 0 bridgehead atoms. The first-order chi connectivity index (χ1) is 17.3. The monoisotopic (exact) mass is 516 g/mol. The van der Waals surface area contributed by atoms with Gasteiger partial charge >= 0.3 is 12.1 Å². The standard InChI is InChI=1S/C27H23F3O5S/c28-27(29,30)26(18-8-3-1-4-9-18,19-10-5-2-6-11-19)36-15-14-20-21-12-7-13-22(34-17-24(32)33)25(21)35-23(20)16-31/h1-13,31H,14-17H2,(H,32,33). The number of aryl methyl sites for hydroxylation is 1. The maximum absolute atomic E-state index is 14.9. The fraction of sp³-hybridized carbons (Fsp3) is 0.222. The Bertz CT molecular complexity index is 1280. The minimum atomic E-state index is -4.60. The Kier molecular flexibility index (Phi) is 7.61. The van der Waals surface area contributed by atoms with Gasteiger partial charge in [-0.2, -0.15) is 13.2 Å². The molecule has 0 aliphatic carbocycles. The number of alkyl halides is 3. The third kappa shape index (κ3) is 4.94. The summed E-state index contributed by atoms with van der Waals surface area (Å²) in [4.78, 5) is 10.9. The smallest absolute Gasteiger partial charge is 0.411 e. The molecule has 0 saturated heterocycles. The van der Waals surface area contributed by atoms with Crippen molar-refractivity contribution in [3.05, 3.63) is 101 Å². The van der Waals surface area contributed by atoms with E-state index in [4.69, 9.17) is 14.3 Å². The van der Waals surface area contributed by atoms with Crippen LogP contribution in [-0.2, 0) is 22.6 Å². The fourth-order valence-corrected chi connectivity index (χ4v) is 5.62. The average Bonchev–Trinajstić information content (AvgIpc) is 3.24.